The highest BCUT2D eigenvalue weighted by atomic mass is 16.2. The predicted molar refractivity (Wildman–Crippen MR) is 69.1 cm³/mol. The molecule has 0 heterocycles. The average Bonchev–Trinajstić information content (AvgIpc) is 2.38. The molecule has 1 aromatic rings. The van der Waals surface area contributed by atoms with Gasteiger partial charge in [0.25, 0.3) is 0 Å². The first kappa shape index (κ1) is 13.3. The lowest BCUT2D eigenvalue weighted by atomic mass is 10.1. The number of carbonyl (C=O) groups is 1. The van der Waals surface area contributed by atoms with Crippen LogP contribution in [0.25, 0.3) is 0 Å². The molecule has 1 aromatic carbocycles. The Morgan fingerprint density at radius 3 is 2.71 bits per heavy atom. The van der Waals surface area contributed by atoms with Crippen molar-refractivity contribution in [2.75, 3.05) is 6.54 Å². The van der Waals surface area contributed by atoms with Crippen molar-refractivity contribution in [3.8, 4) is 12.3 Å². The van der Waals surface area contributed by atoms with Crippen LogP contribution in [-0.4, -0.2) is 12.5 Å². The van der Waals surface area contributed by atoms with Gasteiger partial charge in [-0.25, -0.2) is 0 Å². The Morgan fingerprint density at radius 2 is 2.06 bits per heavy atom. The maximum Gasteiger partial charge on any atom is 0.241 e. The van der Waals surface area contributed by atoms with Gasteiger partial charge in [0, 0.05) is 13.0 Å². The van der Waals surface area contributed by atoms with Crippen LogP contribution in [-0.2, 0) is 4.79 Å². The van der Waals surface area contributed by atoms with E-state index in [0.717, 1.165) is 24.8 Å². The molecule has 0 spiro atoms. The third-order valence-electron chi connectivity index (χ3n) is 2.49. The molecule has 0 saturated heterocycles. The summed E-state index contributed by atoms with van der Waals surface area (Å²) in [6, 6.07) is 8.74. The SMILES string of the molecule is C#CCCCCNC(=O)[C@@H](N)c1ccccc1. The van der Waals surface area contributed by atoms with E-state index in [1.165, 1.54) is 0 Å². The van der Waals surface area contributed by atoms with Crippen molar-refractivity contribution >= 4 is 5.91 Å². The number of nitrogens with two attached hydrogens (primary N) is 1. The third-order valence-corrected chi connectivity index (χ3v) is 2.49. The van der Waals surface area contributed by atoms with E-state index in [-0.39, 0.29) is 5.91 Å². The molecule has 0 aliphatic rings. The molecule has 0 aromatic heterocycles. The van der Waals surface area contributed by atoms with E-state index in [2.05, 4.69) is 11.2 Å². The Balaban J connectivity index is 2.31. The summed E-state index contributed by atoms with van der Waals surface area (Å²) < 4.78 is 0. The minimum atomic E-state index is -0.594. The van der Waals surface area contributed by atoms with Crippen molar-refractivity contribution in [2.24, 2.45) is 5.73 Å². The Labute approximate surface area is 102 Å². The highest BCUT2D eigenvalue weighted by Crippen LogP contribution is 2.09. The maximum absolute atomic E-state index is 11.7. The van der Waals surface area contributed by atoms with Crippen LogP contribution in [0.2, 0.25) is 0 Å². The lowest BCUT2D eigenvalue weighted by Crippen LogP contribution is -2.34. The first-order valence-electron chi connectivity index (χ1n) is 5.77. The number of terminal acetylenes is 1. The largest absolute Gasteiger partial charge is 0.354 e. The van der Waals surface area contributed by atoms with Gasteiger partial charge in [0.15, 0.2) is 0 Å². The van der Waals surface area contributed by atoms with Crippen LogP contribution in [0.4, 0.5) is 0 Å². The average molecular weight is 230 g/mol. The van der Waals surface area contributed by atoms with Crippen molar-refractivity contribution in [2.45, 2.75) is 25.3 Å². The van der Waals surface area contributed by atoms with Crippen LogP contribution in [0.5, 0.6) is 0 Å². The van der Waals surface area contributed by atoms with Gasteiger partial charge in [0.05, 0.1) is 0 Å². The second-order valence-electron chi connectivity index (χ2n) is 3.84. The molecular weight excluding hydrogens is 212 g/mol. The van der Waals surface area contributed by atoms with E-state index >= 15 is 0 Å². The molecule has 3 nitrogen and oxygen atoms in total. The van der Waals surface area contributed by atoms with Crippen LogP contribution in [0.3, 0.4) is 0 Å². The molecular formula is C14H18N2O. The first-order valence-corrected chi connectivity index (χ1v) is 5.77. The van der Waals surface area contributed by atoms with Crippen molar-refractivity contribution < 1.29 is 4.79 Å². The molecule has 90 valence electrons. The first-order chi connectivity index (χ1) is 8.25. The second-order valence-corrected chi connectivity index (χ2v) is 3.84. The van der Waals surface area contributed by atoms with Gasteiger partial charge in [-0.3, -0.25) is 4.79 Å². The van der Waals surface area contributed by atoms with Gasteiger partial charge < -0.3 is 11.1 Å². The molecule has 1 atom stereocenters. The number of nitrogens with one attached hydrogen (secondary N) is 1. The zero-order valence-electron chi connectivity index (χ0n) is 9.86. The van der Waals surface area contributed by atoms with E-state index in [4.69, 9.17) is 12.2 Å². The number of hydrogen-bond donors (Lipinski definition) is 2. The van der Waals surface area contributed by atoms with Crippen LogP contribution < -0.4 is 11.1 Å². The maximum atomic E-state index is 11.7. The molecule has 0 unspecified atom stereocenters. The van der Waals surface area contributed by atoms with E-state index in [0.29, 0.717) is 6.54 Å². The smallest absolute Gasteiger partial charge is 0.241 e. The zero-order valence-corrected chi connectivity index (χ0v) is 9.86. The van der Waals surface area contributed by atoms with Crippen LogP contribution in [0.15, 0.2) is 30.3 Å². The topological polar surface area (TPSA) is 55.1 Å². The van der Waals surface area contributed by atoms with E-state index in [9.17, 15) is 4.79 Å². The highest BCUT2D eigenvalue weighted by Gasteiger charge is 2.14. The number of benzene rings is 1. The number of amides is 1. The summed E-state index contributed by atoms with van der Waals surface area (Å²) in [6.07, 6.45) is 7.70. The van der Waals surface area contributed by atoms with E-state index < -0.39 is 6.04 Å². The monoisotopic (exact) mass is 230 g/mol. The molecule has 0 radical (unpaired) electrons. The van der Waals surface area contributed by atoms with E-state index in [1.807, 2.05) is 30.3 Å². The normalized spacial score (nSPS) is 11.5. The van der Waals surface area contributed by atoms with Gasteiger partial charge in [-0.15, -0.1) is 12.3 Å². The molecule has 0 saturated carbocycles. The third kappa shape index (κ3) is 4.71. The fourth-order valence-corrected chi connectivity index (χ4v) is 1.49. The summed E-state index contributed by atoms with van der Waals surface area (Å²) in [5.41, 5.74) is 6.66. The van der Waals surface area contributed by atoms with Crippen molar-refractivity contribution in [3.05, 3.63) is 35.9 Å². The minimum absolute atomic E-state index is 0.142. The summed E-state index contributed by atoms with van der Waals surface area (Å²) >= 11 is 0. The number of hydrogen-bond acceptors (Lipinski definition) is 2. The molecule has 0 bridgehead atoms. The van der Waals surface area contributed by atoms with Crippen LogP contribution in [0, 0.1) is 12.3 Å². The van der Waals surface area contributed by atoms with Crippen molar-refractivity contribution in [3.63, 3.8) is 0 Å². The Kier molecular flexibility index (Phi) is 5.84. The van der Waals surface area contributed by atoms with Gasteiger partial charge in [0.2, 0.25) is 5.91 Å². The minimum Gasteiger partial charge on any atom is -0.354 e. The number of unbranched alkanes of at least 4 members (excludes halogenated alkanes) is 2. The molecule has 17 heavy (non-hydrogen) atoms. The Hall–Kier alpha value is -1.79. The van der Waals surface area contributed by atoms with Gasteiger partial charge in [0.1, 0.15) is 6.04 Å². The molecule has 1 rings (SSSR count). The van der Waals surface area contributed by atoms with Crippen molar-refractivity contribution in [1.82, 2.24) is 5.32 Å². The predicted octanol–water partition coefficient (Wildman–Crippen LogP) is 1.61. The highest BCUT2D eigenvalue weighted by molar-refractivity contribution is 5.82. The fraction of sp³-hybridized carbons (Fsp3) is 0.357. The Morgan fingerprint density at radius 1 is 1.35 bits per heavy atom. The zero-order chi connectivity index (χ0) is 12.5. The molecule has 0 aliphatic carbocycles. The lowest BCUT2D eigenvalue weighted by Gasteiger charge is -2.12. The fourth-order valence-electron chi connectivity index (χ4n) is 1.49. The van der Waals surface area contributed by atoms with E-state index in [1.54, 1.807) is 0 Å². The van der Waals surface area contributed by atoms with Gasteiger partial charge in [-0.2, -0.15) is 0 Å². The number of rotatable bonds is 6. The summed E-state index contributed by atoms with van der Waals surface area (Å²) in [4.78, 5) is 11.7. The standard InChI is InChI=1S/C14H18N2O/c1-2-3-4-8-11-16-14(17)13(15)12-9-6-5-7-10-12/h1,5-7,9-10,13H,3-4,8,11,15H2,(H,16,17)/t13-/m0/s1. The second kappa shape index (κ2) is 7.48. The van der Waals surface area contributed by atoms with Crippen molar-refractivity contribution in [1.29, 1.82) is 0 Å². The summed E-state index contributed by atoms with van der Waals surface area (Å²) in [7, 11) is 0. The molecule has 1 amide bonds. The molecule has 0 aliphatic heterocycles. The number of carbonyl (C=O) groups excluding carboxylic acids is 1. The summed E-state index contributed by atoms with van der Waals surface area (Å²) in [5, 5.41) is 2.81. The van der Waals surface area contributed by atoms with Gasteiger partial charge in [-0.05, 0) is 18.4 Å². The molecule has 3 heteroatoms. The molecule has 3 N–H and O–H groups in total. The van der Waals surface area contributed by atoms with Gasteiger partial charge >= 0.3 is 0 Å². The summed E-state index contributed by atoms with van der Waals surface area (Å²) in [5.74, 6) is 2.43. The Bertz CT molecular complexity index is 381. The quantitative estimate of drug-likeness (QED) is 0.576. The van der Waals surface area contributed by atoms with Crippen LogP contribution >= 0.6 is 0 Å². The van der Waals surface area contributed by atoms with Crippen LogP contribution in [0.1, 0.15) is 30.9 Å². The van der Waals surface area contributed by atoms with Gasteiger partial charge in [-0.1, -0.05) is 30.3 Å². The lowest BCUT2D eigenvalue weighted by molar-refractivity contribution is -0.122. The summed E-state index contributed by atoms with van der Waals surface area (Å²) in [6.45, 7) is 0.626. The molecule has 0 fully saturated rings.